The van der Waals surface area contributed by atoms with Crippen LogP contribution in [0.2, 0.25) is 0 Å². The van der Waals surface area contributed by atoms with Crippen LogP contribution in [0.5, 0.6) is 0 Å². The van der Waals surface area contributed by atoms with Crippen LogP contribution in [-0.4, -0.2) is 31.3 Å². The summed E-state index contributed by atoms with van der Waals surface area (Å²) in [4.78, 5) is 27.1. The van der Waals surface area contributed by atoms with Crippen molar-refractivity contribution in [3.8, 4) is 0 Å². The van der Waals surface area contributed by atoms with Crippen molar-refractivity contribution in [2.24, 2.45) is 0 Å². The summed E-state index contributed by atoms with van der Waals surface area (Å²) in [6.07, 6.45) is 0. The van der Waals surface area contributed by atoms with Gasteiger partial charge in [-0.2, -0.15) is 0 Å². The maximum Gasteiger partial charge on any atom is 0.292 e. The van der Waals surface area contributed by atoms with Gasteiger partial charge >= 0.3 is 0 Å². The molecule has 1 heterocycles. The topological polar surface area (TPSA) is 114 Å². The molecule has 0 saturated carbocycles. The van der Waals surface area contributed by atoms with Crippen LogP contribution in [0.1, 0.15) is 33.5 Å². The highest BCUT2D eigenvalue weighted by molar-refractivity contribution is 8.00. The second kappa shape index (κ2) is 7.00. The number of para-hydroxylation sites is 2. The average Bonchev–Trinajstić information content (AvgIpc) is 2.96. The summed E-state index contributed by atoms with van der Waals surface area (Å²) in [5.41, 5.74) is -0.136. The predicted molar refractivity (Wildman–Crippen MR) is 92.1 cm³/mol. The van der Waals surface area contributed by atoms with Gasteiger partial charge in [0.1, 0.15) is 11.5 Å². The number of carbonyl (C=O) groups is 1. The van der Waals surface area contributed by atoms with Crippen molar-refractivity contribution >= 4 is 29.0 Å². The number of anilines is 1. The zero-order valence-electron chi connectivity index (χ0n) is 13.9. The SMILES string of the molecule is C[C@@H](Sc1n[nH]c(C(C)(C)C)n1)C(=O)Nc1ccccc1[N+](=O)[O-]. The zero-order valence-corrected chi connectivity index (χ0v) is 14.7. The van der Waals surface area contributed by atoms with Crippen molar-refractivity contribution in [3.05, 3.63) is 40.2 Å². The molecule has 8 nitrogen and oxygen atoms in total. The monoisotopic (exact) mass is 349 g/mol. The van der Waals surface area contributed by atoms with E-state index < -0.39 is 10.2 Å². The maximum absolute atomic E-state index is 12.3. The van der Waals surface area contributed by atoms with E-state index in [1.807, 2.05) is 20.8 Å². The Hall–Kier alpha value is -2.42. The fourth-order valence-electron chi connectivity index (χ4n) is 1.82. The molecule has 0 aliphatic rings. The number of H-pyrrole nitrogens is 1. The van der Waals surface area contributed by atoms with E-state index in [4.69, 9.17) is 0 Å². The van der Waals surface area contributed by atoms with E-state index in [1.54, 1.807) is 19.1 Å². The molecule has 0 fully saturated rings. The molecule has 1 aromatic carbocycles. The molecule has 24 heavy (non-hydrogen) atoms. The highest BCUT2D eigenvalue weighted by Gasteiger charge is 2.23. The Morgan fingerprint density at radius 1 is 1.38 bits per heavy atom. The van der Waals surface area contributed by atoms with Gasteiger partial charge in [-0.3, -0.25) is 20.0 Å². The molecule has 128 valence electrons. The van der Waals surface area contributed by atoms with Crippen LogP contribution < -0.4 is 5.32 Å². The summed E-state index contributed by atoms with van der Waals surface area (Å²) in [5.74, 6) is 0.382. The first kappa shape index (κ1) is 17.9. The summed E-state index contributed by atoms with van der Waals surface area (Å²) >= 11 is 1.19. The van der Waals surface area contributed by atoms with E-state index in [0.29, 0.717) is 5.16 Å². The quantitative estimate of drug-likeness (QED) is 0.487. The Balaban J connectivity index is 2.05. The molecule has 0 spiro atoms. The molecule has 0 unspecified atom stereocenters. The Morgan fingerprint density at radius 3 is 2.62 bits per heavy atom. The molecule has 1 atom stereocenters. The van der Waals surface area contributed by atoms with Gasteiger partial charge < -0.3 is 5.32 Å². The molecule has 1 amide bonds. The van der Waals surface area contributed by atoms with Gasteiger partial charge in [-0.15, -0.1) is 5.10 Å². The molecule has 1 aromatic heterocycles. The van der Waals surface area contributed by atoms with Crippen LogP contribution in [0, 0.1) is 10.1 Å². The first-order valence-corrected chi connectivity index (χ1v) is 8.20. The van der Waals surface area contributed by atoms with Crippen LogP contribution in [-0.2, 0) is 10.2 Å². The number of aromatic nitrogens is 3. The molecule has 0 aliphatic heterocycles. The van der Waals surface area contributed by atoms with Gasteiger partial charge in [0.25, 0.3) is 5.69 Å². The molecule has 0 aliphatic carbocycles. The standard InChI is InChI=1S/C15H19N5O3S/c1-9(24-14-17-13(18-19-14)15(2,3)4)12(21)16-10-7-5-6-8-11(10)20(22)23/h5-9H,1-4H3,(H,16,21)(H,17,18,19)/t9-/m1/s1. The van der Waals surface area contributed by atoms with E-state index in [9.17, 15) is 14.9 Å². The lowest BCUT2D eigenvalue weighted by atomic mass is 9.96. The number of benzene rings is 1. The molecular formula is C15H19N5O3S. The molecule has 0 saturated heterocycles. The molecule has 0 bridgehead atoms. The average molecular weight is 349 g/mol. The maximum atomic E-state index is 12.3. The lowest BCUT2D eigenvalue weighted by Crippen LogP contribution is -2.23. The van der Waals surface area contributed by atoms with Crippen LogP contribution in [0.15, 0.2) is 29.4 Å². The first-order chi connectivity index (χ1) is 11.2. The summed E-state index contributed by atoms with van der Waals surface area (Å²) in [6, 6.07) is 6.02. The molecule has 2 rings (SSSR count). The van der Waals surface area contributed by atoms with Crippen molar-refractivity contribution in [3.63, 3.8) is 0 Å². The van der Waals surface area contributed by atoms with Crippen molar-refractivity contribution < 1.29 is 9.72 Å². The number of hydrogen-bond donors (Lipinski definition) is 2. The number of nitrogens with one attached hydrogen (secondary N) is 2. The highest BCUT2D eigenvalue weighted by atomic mass is 32.2. The minimum Gasteiger partial charge on any atom is -0.319 e. The number of thioether (sulfide) groups is 1. The summed E-state index contributed by atoms with van der Waals surface area (Å²) in [5, 5.41) is 20.5. The third-order valence-electron chi connectivity index (χ3n) is 3.19. The van der Waals surface area contributed by atoms with Crippen molar-refractivity contribution in [2.75, 3.05) is 5.32 Å². The summed E-state index contributed by atoms with van der Waals surface area (Å²) < 4.78 is 0. The molecule has 2 N–H and O–H groups in total. The van der Waals surface area contributed by atoms with E-state index in [1.165, 1.54) is 23.9 Å². The van der Waals surface area contributed by atoms with Crippen LogP contribution in [0.3, 0.4) is 0 Å². The third kappa shape index (κ3) is 4.31. The van der Waals surface area contributed by atoms with Gasteiger partial charge in [0.05, 0.1) is 10.2 Å². The number of nitro groups is 1. The van der Waals surface area contributed by atoms with Crippen molar-refractivity contribution in [1.29, 1.82) is 0 Å². The fourth-order valence-corrected chi connectivity index (χ4v) is 2.54. The molecule has 9 heteroatoms. The minimum atomic E-state index is -0.529. The highest BCUT2D eigenvalue weighted by Crippen LogP contribution is 2.27. The summed E-state index contributed by atoms with van der Waals surface area (Å²) in [7, 11) is 0. The lowest BCUT2D eigenvalue weighted by molar-refractivity contribution is -0.383. The number of carbonyl (C=O) groups excluding carboxylic acids is 1. The lowest BCUT2D eigenvalue weighted by Gasteiger charge is -2.13. The predicted octanol–water partition coefficient (Wildman–Crippen LogP) is 3.13. The van der Waals surface area contributed by atoms with Gasteiger partial charge in [0.15, 0.2) is 0 Å². The Morgan fingerprint density at radius 2 is 2.04 bits per heavy atom. The van der Waals surface area contributed by atoms with Crippen LogP contribution >= 0.6 is 11.8 Å². The van der Waals surface area contributed by atoms with E-state index in [2.05, 4.69) is 20.5 Å². The third-order valence-corrected chi connectivity index (χ3v) is 4.15. The zero-order chi connectivity index (χ0) is 17.9. The number of nitrogens with zero attached hydrogens (tertiary/aromatic N) is 3. The van der Waals surface area contributed by atoms with Gasteiger partial charge in [-0.25, -0.2) is 4.98 Å². The molecular weight excluding hydrogens is 330 g/mol. The number of nitro benzene ring substituents is 1. The van der Waals surface area contributed by atoms with Gasteiger partial charge in [-0.1, -0.05) is 44.7 Å². The van der Waals surface area contributed by atoms with Crippen molar-refractivity contribution in [2.45, 2.75) is 43.5 Å². The van der Waals surface area contributed by atoms with Gasteiger partial charge in [0, 0.05) is 11.5 Å². The Bertz CT molecular complexity index is 754. The second-order valence-electron chi connectivity index (χ2n) is 6.24. The smallest absolute Gasteiger partial charge is 0.292 e. The largest absolute Gasteiger partial charge is 0.319 e. The number of hydrogen-bond acceptors (Lipinski definition) is 6. The Kier molecular flexibility index (Phi) is 5.23. The van der Waals surface area contributed by atoms with E-state index in [0.717, 1.165) is 5.82 Å². The van der Waals surface area contributed by atoms with Crippen LogP contribution in [0.25, 0.3) is 0 Å². The van der Waals surface area contributed by atoms with Gasteiger partial charge in [0.2, 0.25) is 11.1 Å². The van der Waals surface area contributed by atoms with Gasteiger partial charge in [-0.05, 0) is 13.0 Å². The fraction of sp³-hybridized carbons (Fsp3) is 0.400. The second-order valence-corrected chi connectivity index (χ2v) is 7.55. The van der Waals surface area contributed by atoms with Crippen LogP contribution in [0.4, 0.5) is 11.4 Å². The van der Waals surface area contributed by atoms with E-state index >= 15 is 0 Å². The Labute approximate surface area is 143 Å². The first-order valence-electron chi connectivity index (χ1n) is 7.32. The molecule has 2 aromatic rings. The minimum absolute atomic E-state index is 0.143. The van der Waals surface area contributed by atoms with E-state index in [-0.39, 0.29) is 22.7 Å². The molecule has 0 radical (unpaired) electrons. The number of aromatic amines is 1. The normalized spacial score (nSPS) is 12.7. The number of amides is 1. The number of rotatable bonds is 5. The summed E-state index contributed by atoms with van der Waals surface area (Å²) in [6.45, 7) is 7.72. The van der Waals surface area contributed by atoms with Crippen molar-refractivity contribution in [1.82, 2.24) is 15.2 Å².